The number of pyridine rings is 1. The van der Waals surface area contributed by atoms with Gasteiger partial charge in [0.1, 0.15) is 11.5 Å². The molecule has 0 aliphatic rings. The molecule has 0 saturated carbocycles. The summed E-state index contributed by atoms with van der Waals surface area (Å²) in [4.78, 5) is 4.48. The van der Waals surface area contributed by atoms with E-state index in [1.54, 1.807) is 13.4 Å². The average Bonchev–Trinajstić information content (AvgIpc) is 2.88. The second-order valence-electron chi connectivity index (χ2n) is 4.71. The number of rotatable bonds is 6. The number of hydrogen-bond donors (Lipinski definition) is 1. The summed E-state index contributed by atoms with van der Waals surface area (Å²) < 4.78 is 10.6. The molecule has 1 atom stereocenters. The number of nitrogens with zero attached hydrogens (tertiary/aromatic N) is 1. The van der Waals surface area contributed by atoms with E-state index in [0.29, 0.717) is 6.04 Å². The Morgan fingerprint density at radius 2 is 2.26 bits per heavy atom. The number of hydrogen-bond acceptors (Lipinski definition) is 4. The van der Waals surface area contributed by atoms with Crippen LogP contribution in [0.5, 0.6) is 5.75 Å². The van der Waals surface area contributed by atoms with Gasteiger partial charge in [-0.2, -0.15) is 0 Å². The van der Waals surface area contributed by atoms with Gasteiger partial charge in [0.2, 0.25) is 0 Å². The molecule has 0 fully saturated rings. The first-order valence-electron chi connectivity index (χ1n) is 6.44. The lowest BCUT2D eigenvalue weighted by atomic mass is 10.2. The van der Waals surface area contributed by atoms with E-state index < -0.39 is 0 Å². The van der Waals surface area contributed by atoms with E-state index in [2.05, 4.69) is 17.2 Å². The smallest absolute Gasteiger partial charge is 0.122 e. The van der Waals surface area contributed by atoms with E-state index in [1.165, 1.54) is 0 Å². The first kappa shape index (κ1) is 13.6. The molecule has 1 unspecified atom stereocenters. The minimum atomic E-state index is 0.333. The predicted molar refractivity (Wildman–Crippen MR) is 74.2 cm³/mol. The minimum absolute atomic E-state index is 0.333. The normalized spacial score (nSPS) is 12.4. The van der Waals surface area contributed by atoms with Crippen LogP contribution in [0.1, 0.15) is 24.1 Å². The van der Waals surface area contributed by atoms with E-state index in [9.17, 15) is 0 Å². The molecule has 0 bridgehead atoms. The maximum atomic E-state index is 5.34. The van der Waals surface area contributed by atoms with Crippen LogP contribution < -0.4 is 10.1 Å². The van der Waals surface area contributed by atoms with Crippen molar-refractivity contribution < 1.29 is 9.15 Å². The van der Waals surface area contributed by atoms with Gasteiger partial charge in [0.15, 0.2) is 0 Å². The molecular weight excluding hydrogens is 240 g/mol. The Bertz CT molecular complexity index is 509. The molecule has 2 rings (SSSR count). The van der Waals surface area contributed by atoms with Crippen molar-refractivity contribution in [2.75, 3.05) is 7.11 Å². The SMILES string of the molecule is COc1cc(C)nc(CNC(C)Cc2ccco2)c1. The quantitative estimate of drug-likeness (QED) is 0.867. The Hall–Kier alpha value is -1.81. The molecule has 4 heteroatoms. The first-order chi connectivity index (χ1) is 9.17. The Balaban J connectivity index is 1.89. The molecule has 0 aliphatic heterocycles. The van der Waals surface area contributed by atoms with Crippen molar-refractivity contribution in [1.82, 2.24) is 10.3 Å². The van der Waals surface area contributed by atoms with Gasteiger partial charge in [-0.15, -0.1) is 0 Å². The summed E-state index contributed by atoms with van der Waals surface area (Å²) in [6.07, 6.45) is 2.57. The molecule has 0 spiro atoms. The van der Waals surface area contributed by atoms with Crippen molar-refractivity contribution in [2.45, 2.75) is 32.9 Å². The number of furan rings is 1. The third-order valence-electron chi connectivity index (χ3n) is 2.93. The molecule has 2 aromatic rings. The van der Waals surface area contributed by atoms with Crippen LogP contribution in [0.3, 0.4) is 0 Å². The van der Waals surface area contributed by atoms with Crippen molar-refractivity contribution in [1.29, 1.82) is 0 Å². The Kier molecular flexibility index (Phi) is 4.58. The van der Waals surface area contributed by atoms with Crippen LogP contribution in [-0.2, 0) is 13.0 Å². The number of ether oxygens (including phenoxy) is 1. The number of nitrogens with one attached hydrogen (secondary N) is 1. The lowest BCUT2D eigenvalue weighted by Gasteiger charge is -2.13. The molecule has 0 radical (unpaired) electrons. The maximum absolute atomic E-state index is 5.34. The molecule has 1 N–H and O–H groups in total. The third kappa shape index (κ3) is 4.10. The van der Waals surface area contributed by atoms with E-state index in [0.717, 1.165) is 35.9 Å². The lowest BCUT2D eigenvalue weighted by Crippen LogP contribution is -2.27. The van der Waals surface area contributed by atoms with Gasteiger partial charge in [-0.25, -0.2) is 0 Å². The second-order valence-corrected chi connectivity index (χ2v) is 4.71. The summed E-state index contributed by atoms with van der Waals surface area (Å²) in [6.45, 7) is 4.83. The highest BCUT2D eigenvalue weighted by Gasteiger charge is 2.06. The third-order valence-corrected chi connectivity index (χ3v) is 2.93. The zero-order valence-electron chi connectivity index (χ0n) is 11.6. The van der Waals surface area contributed by atoms with Crippen LogP contribution in [-0.4, -0.2) is 18.1 Å². The van der Waals surface area contributed by atoms with E-state index in [4.69, 9.17) is 9.15 Å². The fourth-order valence-electron chi connectivity index (χ4n) is 1.99. The topological polar surface area (TPSA) is 47.3 Å². The average molecular weight is 260 g/mol. The van der Waals surface area contributed by atoms with Crippen molar-refractivity contribution in [2.24, 2.45) is 0 Å². The van der Waals surface area contributed by atoms with Crippen molar-refractivity contribution in [3.8, 4) is 5.75 Å². The predicted octanol–water partition coefficient (Wildman–Crippen LogP) is 2.71. The van der Waals surface area contributed by atoms with Gasteiger partial charge in [0.05, 0.1) is 19.1 Å². The van der Waals surface area contributed by atoms with Gasteiger partial charge >= 0.3 is 0 Å². The van der Waals surface area contributed by atoms with E-state index >= 15 is 0 Å². The summed E-state index contributed by atoms with van der Waals surface area (Å²) in [6, 6.07) is 8.12. The van der Waals surface area contributed by atoms with Gasteiger partial charge < -0.3 is 14.5 Å². The monoisotopic (exact) mass is 260 g/mol. The zero-order chi connectivity index (χ0) is 13.7. The van der Waals surface area contributed by atoms with Crippen molar-refractivity contribution in [3.05, 3.63) is 47.7 Å². The summed E-state index contributed by atoms with van der Waals surface area (Å²) in [7, 11) is 1.67. The van der Waals surface area contributed by atoms with Gasteiger partial charge in [-0.1, -0.05) is 0 Å². The molecule has 0 saturated heterocycles. The highest BCUT2D eigenvalue weighted by molar-refractivity contribution is 5.26. The molecule has 4 nitrogen and oxygen atoms in total. The van der Waals surface area contributed by atoms with Crippen molar-refractivity contribution >= 4 is 0 Å². The molecule has 102 valence electrons. The Labute approximate surface area is 113 Å². The fraction of sp³-hybridized carbons (Fsp3) is 0.400. The molecular formula is C15H20N2O2. The van der Waals surface area contributed by atoms with Crippen LogP contribution in [0, 0.1) is 6.92 Å². The van der Waals surface area contributed by atoms with Crippen LogP contribution >= 0.6 is 0 Å². The van der Waals surface area contributed by atoms with Crippen LogP contribution in [0.2, 0.25) is 0 Å². The Morgan fingerprint density at radius 3 is 2.95 bits per heavy atom. The van der Waals surface area contributed by atoms with Gasteiger partial charge in [0.25, 0.3) is 0 Å². The summed E-state index contributed by atoms with van der Waals surface area (Å²) in [5.74, 6) is 1.85. The summed E-state index contributed by atoms with van der Waals surface area (Å²) in [5, 5.41) is 3.44. The van der Waals surface area contributed by atoms with Crippen molar-refractivity contribution in [3.63, 3.8) is 0 Å². The zero-order valence-corrected chi connectivity index (χ0v) is 11.6. The van der Waals surface area contributed by atoms with E-state index in [1.807, 2.05) is 31.2 Å². The fourth-order valence-corrected chi connectivity index (χ4v) is 1.99. The molecule has 19 heavy (non-hydrogen) atoms. The highest BCUT2D eigenvalue weighted by Crippen LogP contribution is 2.13. The van der Waals surface area contributed by atoms with Crippen LogP contribution in [0.15, 0.2) is 34.9 Å². The molecule has 0 amide bonds. The number of aryl methyl sites for hydroxylation is 1. The van der Waals surface area contributed by atoms with E-state index in [-0.39, 0.29) is 0 Å². The maximum Gasteiger partial charge on any atom is 0.122 e. The van der Waals surface area contributed by atoms with Gasteiger partial charge in [0, 0.05) is 36.8 Å². The largest absolute Gasteiger partial charge is 0.497 e. The van der Waals surface area contributed by atoms with Crippen LogP contribution in [0.25, 0.3) is 0 Å². The summed E-state index contributed by atoms with van der Waals surface area (Å²) in [5.41, 5.74) is 1.96. The number of aromatic nitrogens is 1. The summed E-state index contributed by atoms with van der Waals surface area (Å²) >= 11 is 0. The van der Waals surface area contributed by atoms with Crippen LogP contribution in [0.4, 0.5) is 0 Å². The molecule has 0 aliphatic carbocycles. The van der Waals surface area contributed by atoms with Gasteiger partial charge in [-0.05, 0) is 26.0 Å². The Morgan fingerprint density at radius 1 is 1.42 bits per heavy atom. The standard InChI is InChI=1S/C15H20N2O2/c1-11(7-14-5-4-6-19-14)16-10-13-9-15(18-3)8-12(2)17-13/h4-6,8-9,11,16H,7,10H2,1-3H3. The lowest BCUT2D eigenvalue weighted by molar-refractivity contribution is 0.411. The number of methoxy groups -OCH3 is 1. The second kappa shape index (κ2) is 6.38. The highest BCUT2D eigenvalue weighted by atomic mass is 16.5. The molecule has 0 aromatic carbocycles. The van der Waals surface area contributed by atoms with Gasteiger partial charge in [-0.3, -0.25) is 4.98 Å². The molecule has 2 heterocycles. The molecule has 2 aromatic heterocycles. The minimum Gasteiger partial charge on any atom is -0.497 e. The first-order valence-corrected chi connectivity index (χ1v) is 6.44.